The van der Waals surface area contributed by atoms with E-state index in [9.17, 15) is 72.2 Å². The van der Waals surface area contributed by atoms with Crippen LogP contribution in [0.1, 0.15) is 138 Å². The van der Waals surface area contributed by atoms with Gasteiger partial charge in [0.2, 0.25) is 0 Å². The molecule has 0 saturated heterocycles. The molecule has 8 rings (SSSR count). The number of carbonyl (C=O) groups is 3. The van der Waals surface area contributed by atoms with Crippen molar-refractivity contribution in [1.29, 1.82) is 0 Å². The maximum atomic E-state index is 14.2. The molecule has 0 spiro atoms. The lowest BCUT2D eigenvalue weighted by Crippen LogP contribution is -2.62. The van der Waals surface area contributed by atoms with E-state index in [4.69, 9.17) is 44.3 Å². The Bertz CT molecular complexity index is 2410. The van der Waals surface area contributed by atoms with E-state index in [1.807, 2.05) is 54.6 Å². The third-order valence-electron chi connectivity index (χ3n) is 21.1. The fourth-order valence-corrected chi connectivity index (χ4v) is 35.6. The Hall–Kier alpha value is -1.99. The van der Waals surface area contributed by atoms with Crippen molar-refractivity contribution in [2.24, 2.45) is 71.0 Å². The summed E-state index contributed by atoms with van der Waals surface area (Å²) in [6, 6.07) is 0. The molecule has 8 fully saturated rings. The molecule has 0 aromatic rings. The van der Waals surface area contributed by atoms with Crippen LogP contribution in [0.5, 0.6) is 0 Å². The topological polar surface area (TPSA) is 173 Å². The minimum absolute atomic E-state index is 0. The molecule has 8 bridgehead atoms. The van der Waals surface area contributed by atoms with Crippen molar-refractivity contribution in [1.82, 2.24) is 0 Å². The van der Waals surface area contributed by atoms with Crippen LogP contribution in [0.4, 0.5) is 57.4 Å². The molecule has 1 N–H and O–H groups in total. The van der Waals surface area contributed by atoms with Crippen molar-refractivity contribution >= 4 is 52.6 Å². The zero-order chi connectivity index (χ0) is 65.6. The highest BCUT2D eigenvalue weighted by molar-refractivity contribution is 6.80. The van der Waals surface area contributed by atoms with Crippen LogP contribution in [-0.4, -0.2) is 148 Å². The summed E-state index contributed by atoms with van der Waals surface area (Å²) in [6.07, 6.45) is -19.8. The lowest BCUT2D eigenvalue weighted by Gasteiger charge is -2.47. The van der Waals surface area contributed by atoms with Crippen LogP contribution in [0.25, 0.3) is 0 Å². The summed E-state index contributed by atoms with van der Waals surface area (Å²) < 4.78 is 232. The molecule has 0 heterocycles. The van der Waals surface area contributed by atoms with Crippen molar-refractivity contribution in [3.63, 3.8) is 0 Å². The first-order valence-corrected chi connectivity index (χ1v) is 38.4. The maximum absolute atomic E-state index is 14.2. The SMILES string of the molecule is CO[Si](C)(O[Si](OC)(OC)C1CC2CC(CC(O)(C(F)(F)F)C(F)(F)F)C1C2)C1CC2CC(C(=O)OC(C)(C)C)C1C2.CO[Si](C)(O[Si](OC)(OC)C1CC2CC(CC(OC(C)=O)(C(F)(F)F)C(F)(F)F)C1C2)C1CC2CC(C(=O)OC(C)(C)C)C1C2.F. The number of carbonyl (C=O) groups excluding carboxylic acids is 3. The summed E-state index contributed by atoms with van der Waals surface area (Å²) in [5.74, 6) is -6.04. The molecule has 0 aromatic heterocycles. The van der Waals surface area contributed by atoms with Gasteiger partial charge in [0.25, 0.3) is 5.60 Å². The van der Waals surface area contributed by atoms with Gasteiger partial charge in [-0.15, -0.1) is 0 Å². The highest BCUT2D eigenvalue weighted by Gasteiger charge is 2.77. The molecule has 88 heavy (non-hydrogen) atoms. The zero-order valence-corrected chi connectivity index (χ0v) is 56.7. The van der Waals surface area contributed by atoms with E-state index in [0.29, 0.717) is 44.9 Å². The van der Waals surface area contributed by atoms with Gasteiger partial charge in [0.1, 0.15) is 11.2 Å². The van der Waals surface area contributed by atoms with Crippen LogP contribution in [0.3, 0.4) is 0 Å². The first-order valence-electron chi connectivity index (χ1n) is 30.0. The van der Waals surface area contributed by atoms with Gasteiger partial charge in [-0.3, -0.25) is 19.1 Å². The van der Waals surface area contributed by atoms with Gasteiger partial charge in [0.15, 0.2) is 0 Å². The minimum atomic E-state index is -5.88. The van der Waals surface area contributed by atoms with E-state index in [1.54, 1.807) is 0 Å². The Balaban J connectivity index is 0.000000278. The van der Waals surface area contributed by atoms with Crippen LogP contribution in [0.2, 0.25) is 35.3 Å². The molecule has 32 heteroatoms. The quantitative estimate of drug-likeness (QED) is 0.0497. The fraction of sp³-hybridized carbons (Fsp3) is 0.946. The molecule has 0 amide bonds. The summed E-state index contributed by atoms with van der Waals surface area (Å²) in [7, 11) is -5.34. The first-order chi connectivity index (χ1) is 39.7. The van der Waals surface area contributed by atoms with Crippen molar-refractivity contribution in [3.05, 3.63) is 0 Å². The van der Waals surface area contributed by atoms with Crippen LogP contribution in [0.15, 0.2) is 0 Å². The van der Waals surface area contributed by atoms with Gasteiger partial charge < -0.3 is 54.1 Å². The summed E-state index contributed by atoms with van der Waals surface area (Å²) in [4.78, 5) is 37.8. The average Bonchev–Trinajstić information content (AvgIpc) is 1.68. The monoisotopic (exact) mass is 1360 g/mol. The first kappa shape index (κ1) is 75.0. The second-order valence-corrected chi connectivity index (χ2v) is 42.0. The van der Waals surface area contributed by atoms with Gasteiger partial charge in [0.05, 0.1) is 11.8 Å². The van der Waals surface area contributed by atoms with Gasteiger partial charge in [-0.25, -0.2) is 0 Å². The van der Waals surface area contributed by atoms with Gasteiger partial charge in [-0.05, 0) is 197 Å². The van der Waals surface area contributed by atoms with E-state index < -0.39 is 135 Å². The predicted molar refractivity (Wildman–Crippen MR) is 298 cm³/mol. The smallest absolute Gasteiger partial charge is 0.460 e. The van der Waals surface area contributed by atoms with E-state index in [0.717, 1.165) is 32.1 Å². The Morgan fingerprint density at radius 3 is 0.989 bits per heavy atom. The fourth-order valence-electron chi connectivity index (χ4n) is 17.6. The van der Waals surface area contributed by atoms with Gasteiger partial charge in [0, 0.05) is 78.2 Å². The van der Waals surface area contributed by atoms with E-state index in [2.05, 4.69) is 4.74 Å². The summed E-state index contributed by atoms with van der Waals surface area (Å²) in [5, 5.41) is 9.96. The molecule has 8 saturated carbocycles. The maximum Gasteiger partial charge on any atom is 0.495 e. The predicted octanol–water partition coefficient (Wildman–Crippen LogP) is 13.5. The molecular formula is C56H91F13O15Si4. The molecule has 0 aliphatic heterocycles. The molecule has 8 aliphatic carbocycles. The lowest BCUT2D eigenvalue weighted by atomic mass is 9.79. The normalized spacial score (nSPS) is 33.8. The number of rotatable bonds is 21. The number of hydrogen-bond acceptors (Lipinski definition) is 15. The summed E-state index contributed by atoms with van der Waals surface area (Å²) in [6.45, 7) is 15.2. The molecule has 18 unspecified atom stereocenters. The Kier molecular flexibility index (Phi) is 22.1. The summed E-state index contributed by atoms with van der Waals surface area (Å²) >= 11 is 0. The number of aliphatic hydroxyl groups is 1. The van der Waals surface area contributed by atoms with E-state index in [-0.39, 0.29) is 82.0 Å². The number of alkyl halides is 12. The average molecular weight is 1360 g/mol. The van der Waals surface area contributed by atoms with Crippen molar-refractivity contribution in [2.75, 3.05) is 42.7 Å². The van der Waals surface area contributed by atoms with Crippen LogP contribution >= 0.6 is 0 Å². The molecule has 15 nitrogen and oxygen atoms in total. The molecular weight excluding hydrogens is 1270 g/mol. The largest absolute Gasteiger partial charge is 0.495 e. The van der Waals surface area contributed by atoms with Crippen molar-refractivity contribution in [3.8, 4) is 0 Å². The van der Waals surface area contributed by atoms with Crippen LogP contribution < -0.4 is 0 Å². The lowest BCUT2D eigenvalue weighted by molar-refractivity contribution is -0.374. The van der Waals surface area contributed by atoms with Crippen LogP contribution in [-0.2, 0) is 63.4 Å². The van der Waals surface area contributed by atoms with Crippen molar-refractivity contribution in [2.45, 2.75) is 221 Å². The van der Waals surface area contributed by atoms with Gasteiger partial charge in [-0.2, -0.15) is 52.7 Å². The third kappa shape index (κ3) is 14.3. The number of ether oxygens (including phenoxy) is 3. The van der Waals surface area contributed by atoms with Crippen LogP contribution in [0, 0.1) is 71.0 Å². The minimum Gasteiger partial charge on any atom is -0.460 e. The molecule has 8 aliphatic rings. The molecule has 0 radical (unpaired) electrons. The van der Waals surface area contributed by atoms with Gasteiger partial charge >= 0.3 is 82.9 Å². The van der Waals surface area contributed by atoms with E-state index >= 15 is 0 Å². The number of fused-ring (bicyclic) bond motifs is 8. The van der Waals surface area contributed by atoms with Crippen molar-refractivity contribution < 1.29 is 126 Å². The Morgan fingerprint density at radius 1 is 0.420 bits per heavy atom. The van der Waals surface area contributed by atoms with E-state index in [1.165, 1.54) is 42.7 Å². The number of esters is 3. The molecule has 18 atom stereocenters. The zero-order valence-electron chi connectivity index (χ0n) is 52.7. The second-order valence-electron chi connectivity index (χ2n) is 28.5. The van der Waals surface area contributed by atoms with Gasteiger partial charge in [-0.1, -0.05) is 0 Å². The highest BCUT2D eigenvalue weighted by Crippen LogP contribution is 2.67. The molecule has 0 aromatic carbocycles. The molecule has 512 valence electrons. The second kappa shape index (κ2) is 26.0. The highest BCUT2D eigenvalue weighted by atomic mass is 28.5. The third-order valence-corrected chi connectivity index (χ3v) is 37.7. The number of halogens is 13. The standard InChI is InChI=1S/C29H46F6O8Si2.C27H44F6O7Si2.FH/c1-16(36)41-27(28(30,31)32,29(33,34)35)15-19-9-17-10-20(19)24(14-17)45(39-6,40-7)43-44(8,38-5)23-13-18-11-21(23)22(12-18)25(37)42-26(2,3)4;1-24(2,3)39-23(34)20-11-16-10-19(20)21(12-16)41(7,36-4)40-42(37-5,38-6)22-13-15-8-17(18(22)9-15)14-25(35,26(28,29)30)27(31,32)33;/h17-24H,9-15H2,1-8H3;15-22,35H,8-14H2,1-7H3;1H. The summed E-state index contributed by atoms with van der Waals surface area (Å²) in [5.41, 5.74) is -12.1. The number of hydrogen-bond donors (Lipinski definition) is 1. The Labute approximate surface area is 511 Å². The Morgan fingerprint density at radius 2 is 0.727 bits per heavy atom.